The lowest BCUT2D eigenvalue weighted by atomic mass is 10.1. The van der Waals surface area contributed by atoms with Gasteiger partial charge in [0.25, 0.3) is 5.91 Å². The zero-order valence-electron chi connectivity index (χ0n) is 16.5. The quantitative estimate of drug-likeness (QED) is 0.521. The largest absolute Gasteiger partial charge is 0.322 e. The summed E-state index contributed by atoms with van der Waals surface area (Å²) in [6, 6.07) is 17.3. The number of fused-ring (bicyclic) bond motifs is 1. The maximum atomic E-state index is 12.8. The Hall–Kier alpha value is -3.80. The lowest BCUT2D eigenvalue weighted by molar-refractivity contribution is 0.102. The molecule has 2 heterocycles. The van der Waals surface area contributed by atoms with Crippen LogP contribution in [-0.2, 0) is 0 Å². The van der Waals surface area contributed by atoms with E-state index in [0.717, 1.165) is 33.4 Å². The SMILES string of the molecule is Cc1cc(C)cc(NC(=O)c2cc(C)nc(Nc3cccc4cccnc34)n2)c1. The molecule has 0 spiro atoms. The lowest BCUT2D eigenvalue weighted by Crippen LogP contribution is -2.15. The van der Waals surface area contributed by atoms with Gasteiger partial charge in [0.2, 0.25) is 5.95 Å². The highest BCUT2D eigenvalue weighted by Crippen LogP contribution is 2.23. The molecule has 0 aliphatic heterocycles. The summed E-state index contributed by atoms with van der Waals surface area (Å²) in [6.07, 6.45) is 1.74. The van der Waals surface area contributed by atoms with Gasteiger partial charge in [0.05, 0.1) is 11.2 Å². The molecule has 0 radical (unpaired) electrons. The van der Waals surface area contributed by atoms with E-state index < -0.39 is 0 Å². The van der Waals surface area contributed by atoms with Crippen molar-refractivity contribution in [1.29, 1.82) is 0 Å². The minimum Gasteiger partial charge on any atom is -0.322 e. The van der Waals surface area contributed by atoms with Crippen molar-refractivity contribution in [2.24, 2.45) is 0 Å². The topological polar surface area (TPSA) is 79.8 Å². The van der Waals surface area contributed by atoms with E-state index in [4.69, 9.17) is 0 Å². The highest BCUT2D eigenvalue weighted by Gasteiger charge is 2.12. The molecule has 6 nitrogen and oxygen atoms in total. The van der Waals surface area contributed by atoms with Crippen LogP contribution >= 0.6 is 0 Å². The maximum Gasteiger partial charge on any atom is 0.274 e. The first-order chi connectivity index (χ1) is 14.0. The summed E-state index contributed by atoms with van der Waals surface area (Å²) < 4.78 is 0. The van der Waals surface area contributed by atoms with E-state index in [1.807, 2.05) is 63.2 Å². The second kappa shape index (κ2) is 7.67. The molecule has 2 aromatic carbocycles. The van der Waals surface area contributed by atoms with Crippen molar-refractivity contribution in [2.75, 3.05) is 10.6 Å². The minimum atomic E-state index is -0.278. The monoisotopic (exact) mass is 383 g/mol. The number of nitrogens with one attached hydrogen (secondary N) is 2. The van der Waals surface area contributed by atoms with E-state index in [-0.39, 0.29) is 5.91 Å². The molecule has 0 fully saturated rings. The molecule has 0 saturated carbocycles. The van der Waals surface area contributed by atoms with Gasteiger partial charge in [-0.3, -0.25) is 9.78 Å². The molecular formula is C23H21N5O. The summed E-state index contributed by atoms with van der Waals surface area (Å²) in [5.41, 5.74) is 5.52. The Labute approximate surface area is 169 Å². The van der Waals surface area contributed by atoms with Gasteiger partial charge in [0.1, 0.15) is 5.69 Å². The average Bonchev–Trinajstić information content (AvgIpc) is 2.67. The number of aromatic nitrogens is 3. The van der Waals surface area contributed by atoms with E-state index in [9.17, 15) is 4.79 Å². The number of benzene rings is 2. The van der Waals surface area contributed by atoms with E-state index in [1.54, 1.807) is 12.3 Å². The number of hydrogen-bond acceptors (Lipinski definition) is 5. The number of carbonyl (C=O) groups excluding carboxylic acids is 1. The highest BCUT2D eigenvalue weighted by molar-refractivity contribution is 6.03. The van der Waals surface area contributed by atoms with Crippen LogP contribution in [0.3, 0.4) is 0 Å². The number of nitrogens with zero attached hydrogens (tertiary/aromatic N) is 3. The van der Waals surface area contributed by atoms with Gasteiger partial charge in [-0.15, -0.1) is 0 Å². The Morgan fingerprint density at radius 3 is 2.45 bits per heavy atom. The van der Waals surface area contributed by atoms with Crippen molar-refractivity contribution in [3.8, 4) is 0 Å². The number of pyridine rings is 1. The van der Waals surface area contributed by atoms with Crippen molar-refractivity contribution in [3.05, 3.63) is 83.3 Å². The summed E-state index contributed by atoms with van der Waals surface area (Å²) in [4.78, 5) is 26.0. The van der Waals surface area contributed by atoms with Gasteiger partial charge in [-0.1, -0.05) is 24.3 Å². The van der Waals surface area contributed by atoms with Crippen LogP contribution in [0.15, 0.2) is 60.8 Å². The Bertz CT molecular complexity index is 1190. The predicted octanol–water partition coefficient (Wildman–Crippen LogP) is 4.95. The van der Waals surface area contributed by atoms with Crippen LogP contribution in [0.25, 0.3) is 10.9 Å². The first kappa shape index (κ1) is 18.6. The fourth-order valence-corrected chi connectivity index (χ4v) is 3.31. The average molecular weight is 383 g/mol. The Morgan fingerprint density at radius 1 is 0.897 bits per heavy atom. The van der Waals surface area contributed by atoms with Gasteiger partial charge in [0.15, 0.2) is 0 Å². The number of rotatable bonds is 4. The van der Waals surface area contributed by atoms with Crippen molar-refractivity contribution >= 4 is 34.1 Å². The van der Waals surface area contributed by atoms with Gasteiger partial charge < -0.3 is 10.6 Å². The van der Waals surface area contributed by atoms with Crippen LogP contribution < -0.4 is 10.6 Å². The van der Waals surface area contributed by atoms with Crippen molar-refractivity contribution < 1.29 is 4.79 Å². The fraction of sp³-hybridized carbons (Fsp3) is 0.130. The van der Waals surface area contributed by atoms with E-state index in [1.165, 1.54) is 0 Å². The molecule has 0 saturated heterocycles. The molecule has 4 rings (SSSR count). The van der Waals surface area contributed by atoms with Gasteiger partial charge >= 0.3 is 0 Å². The second-order valence-electron chi connectivity index (χ2n) is 7.05. The van der Waals surface area contributed by atoms with Crippen LogP contribution in [0.1, 0.15) is 27.3 Å². The summed E-state index contributed by atoms with van der Waals surface area (Å²) >= 11 is 0. The number of aryl methyl sites for hydroxylation is 3. The maximum absolute atomic E-state index is 12.8. The molecule has 1 amide bonds. The number of para-hydroxylation sites is 1. The summed E-state index contributed by atoms with van der Waals surface area (Å²) in [5.74, 6) is 0.0771. The molecule has 2 N–H and O–H groups in total. The molecule has 0 aliphatic rings. The molecule has 29 heavy (non-hydrogen) atoms. The molecular weight excluding hydrogens is 362 g/mol. The third kappa shape index (κ3) is 4.21. The zero-order chi connectivity index (χ0) is 20.4. The van der Waals surface area contributed by atoms with Crippen LogP contribution in [0.4, 0.5) is 17.3 Å². The molecule has 0 bridgehead atoms. The Balaban J connectivity index is 1.62. The standard InChI is InChI=1S/C23H21N5O/c1-14-10-15(2)12-18(11-14)26-22(29)20-13-16(3)25-23(28-20)27-19-8-4-6-17-7-5-9-24-21(17)19/h4-13H,1-3H3,(H,26,29)(H,25,27,28). The van der Waals surface area contributed by atoms with Gasteiger partial charge in [-0.2, -0.15) is 0 Å². The van der Waals surface area contributed by atoms with Crippen LogP contribution in [0.2, 0.25) is 0 Å². The Morgan fingerprint density at radius 2 is 1.66 bits per heavy atom. The van der Waals surface area contributed by atoms with E-state index >= 15 is 0 Å². The first-order valence-corrected chi connectivity index (χ1v) is 9.34. The summed E-state index contributed by atoms with van der Waals surface area (Å²) in [7, 11) is 0. The van der Waals surface area contributed by atoms with Crippen molar-refractivity contribution in [1.82, 2.24) is 15.0 Å². The van der Waals surface area contributed by atoms with Crippen molar-refractivity contribution in [2.45, 2.75) is 20.8 Å². The van der Waals surface area contributed by atoms with E-state index in [2.05, 4.69) is 31.7 Å². The van der Waals surface area contributed by atoms with Crippen molar-refractivity contribution in [3.63, 3.8) is 0 Å². The van der Waals surface area contributed by atoms with Gasteiger partial charge in [0, 0.05) is 23.0 Å². The predicted molar refractivity (Wildman–Crippen MR) is 116 cm³/mol. The molecule has 144 valence electrons. The summed E-state index contributed by atoms with van der Waals surface area (Å²) in [6.45, 7) is 5.83. The third-order valence-electron chi connectivity index (χ3n) is 4.45. The molecule has 0 unspecified atom stereocenters. The summed E-state index contributed by atoms with van der Waals surface area (Å²) in [5, 5.41) is 7.13. The molecule has 0 atom stereocenters. The molecule has 4 aromatic rings. The minimum absolute atomic E-state index is 0.278. The fourth-order valence-electron chi connectivity index (χ4n) is 3.31. The highest BCUT2D eigenvalue weighted by atomic mass is 16.1. The van der Waals surface area contributed by atoms with E-state index in [0.29, 0.717) is 17.3 Å². The number of amides is 1. The van der Waals surface area contributed by atoms with Crippen LogP contribution in [0, 0.1) is 20.8 Å². The van der Waals surface area contributed by atoms with Gasteiger partial charge in [-0.25, -0.2) is 9.97 Å². The number of hydrogen-bond donors (Lipinski definition) is 2. The first-order valence-electron chi connectivity index (χ1n) is 9.34. The molecule has 0 aliphatic carbocycles. The number of anilines is 3. The third-order valence-corrected chi connectivity index (χ3v) is 4.45. The molecule has 2 aromatic heterocycles. The Kier molecular flexibility index (Phi) is 4.91. The molecule has 6 heteroatoms. The lowest BCUT2D eigenvalue weighted by Gasteiger charge is -2.11. The van der Waals surface area contributed by atoms with Crippen LogP contribution in [0.5, 0.6) is 0 Å². The van der Waals surface area contributed by atoms with Crippen LogP contribution in [-0.4, -0.2) is 20.9 Å². The second-order valence-corrected chi connectivity index (χ2v) is 7.05. The zero-order valence-corrected chi connectivity index (χ0v) is 16.5. The van der Waals surface area contributed by atoms with Gasteiger partial charge in [-0.05, 0) is 62.2 Å². The number of carbonyl (C=O) groups is 1. The smallest absolute Gasteiger partial charge is 0.274 e. The normalized spacial score (nSPS) is 10.7.